The van der Waals surface area contributed by atoms with Crippen molar-refractivity contribution in [2.45, 2.75) is 31.6 Å². The lowest BCUT2D eigenvalue weighted by atomic mass is 9.71. The lowest BCUT2D eigenvalue weighted by molar-refractivity contribution is 0.738. The van der Waals surface area contributed by atoms with E-state index in [0.29, 0.717) is 11.8 Å². The third-order valence-corrected chi connectivity index (χ3v) is 11.5. The van der Waals surface area contributed by atoms with E-state index < -0.39 is 0 Å². The number of allylic oxidation sites excluding steroid dienone is 6. The van der Waals surface area contributed by atoms with Gasteiger partial charge in [-0.3, -0.25) is 0 Å². The van der Waals surface area contributed by atoms with Gasteiger partial charge in [0, 0.05) is 28.9 Å². The zero-order valence-electron chi connectivity index (χ0n) is 28.7. The summed E-state index contributed by atoms with van der Waals surface area (Å²) in [5.74, 6) is 0.752. The molecule has 1 nitrogen and oxygen atoms in total. The molecule has 6 aromatic rings. The van der Waals surface area contributed by atoms with Gasteiger partial charge in [-0.2, -0.15) is 0 Å². The highest BCUT2D eigenvalue weighted by molar-refractivity contribution is 5.88. The number of nitrogens with zero attached hydrogens (tertiary/aromatic N) is 1. The Balaban J connectivity index is 1.00. The summed E-state index contributed by atoms with van der Waals surface area (Å²) in [7, 11) is 0. The summed E-state index contributed by atoms with van der Waals surface area (Å²) in [6, 6.07) is 53.9. The molecule has 2 unspecified atom stereocenters. The summed E-state index contributed by atoms with van der Waals surface area (Å²) in [6.07, 6.45) is 16.3. The molecule has 3 aliphatic carbocycles. The van der Waals surface area contributed by atoms with Crippen molar-refractivity contribution in [3.8, 4) is 11.1 Å². The fraction of sp³-hybridized carbons (Fsp3) is 0.120. The number of benzene rings is 6. The van der Waals surface area contributed by atoms with Gasteiger partial charge in [-0.05, 0) is 123 Å². The fourth-order valence-electron chi connectivity index (χ4n) is 8.88. The van der Waals surface area contributed by atoms with E-state index in [1.807, 2.05) is 0 Å². The highest BCUT2D eigenvalue weighted by Gasteiger charge is 2.30. The Morgan fingerprint density at radius 2 is 1.22 bits per heavy atom. The molecule has 0 spiro atoms. The van der Waals surface area contributed by atoms with Crippen LogP contribution in [0, 0.1) is 5.92 Å². The summed E-state index contributed by atoms with van der Waals surface area (Å²) < 4.78 is 0. The van der Waals surface area contributed by atoms with E-state index in [0.717, 1.165) is 25.7 Å². The molecular weight excluding hydrogens is 615 g/mol. The van der Waals surface area contributed by atoms with Crippen molar-refractivity contribution in [2.75, 3.05) is 4.90 Å². The molecule has 0 saturated carbocycles. The molecule has 0 N–H and O–H groups in total. The monoisotopic (exact) mass is 653 g/mol. The topological polar surface area (TPSA) is 3.24 Å². The predicted molar refractivity (Wildman–Crippen MR) is 214 cm³/mol. The van der Waals surface area contributed by atoms with Gasteiger partial charge in [0.2, 0.25) is 0 Å². The summed E-state index contributed by atoms with van der Waals surface area (Å²) in [5.41, 5.74) is 20.3. The first kappa shape index (κ1) is 29.9. The number of aryl methyl sites for hydroxylation is 2. The maximum atomic E-state index is 2.46. The molecule has 10 rings (SSSR count). The van der Waals surface area contributed by atoms with E-state index in [1.165, 1.54) is 83.9 Å². The Morgan fingerprint density at radius 3 is 2.08 bits per heavy atom. The standard InChI is InChI=1S/C50H39N/c1-3-11-34(12-4-1)47-31-37-14-7-8-15-38(37)32-48(47)43-26-28-46-42(30-43)24-23-41-29-39(25-27-45(41)46)40-22-21-36-20-19-35-13-9-10-18-49(35)51(50(36)33-40)44-16-5-2-6-17-44/h1-18,21-29,32-33,42,47H,19-20,30-31H2. The number of rotatable bonds is 4. The van der Waals surface area contributed by atoms with E-state index in [-0.39, 0.29) is 0 Å². The lowest BCUT2D eigenvalue weighted by Crippen LogP contribution is -2.17. The Hall–Kier alpha value is -5.92. The minimum absolute atomic E-state index is 0.372. The average Bonchev–Trinajstić information content (AvgIpc) is 3.37. The van der Waals surface area contributed by atoms with Crippen LogP contribution in [0.2, 0.25) is 0 Å². The molecule has 0 amide bonds. The molecular formula is C50H39N. The van der Waals surface area contributed by atoms with E-state index in [9.17, 15) is 0 Å². The zero-order valence-corrected chi connectivity index (χ0v) is 28.7. The second-order valence-electron chi connectivity index (χ2n) is 14.4. The van der Waals surface area contributed by atoms with E-state index in [4.69, 9.17) is 0 Å². The van der Waals surface area contributed by atoms with Crippen molar-refractivity contribution in [3.05, 3.63) is 214 Å². The summed E-state index contributed by atoms with van der Waals surface area (Å²) >= 11 is 0. The predicted octanol–water partition coefficient (Wildman–Crippen LogP) is 12.7. The molecule has 0 aromatic heterocycles. The smallest absolute Gasteiger partial charge is 0.0500 e. The Bertz CT molecular complexity index is 2420. The normalized spacial score (nSPS) is 18.5. The highest BCUT2D eigenvalue weighted by atomic mass is 15.1. The zero-order chi connectivity index (χ0) is 33.7. The molecule has 1 heteroatoms. The van der Waals surface area contributed by atoms with E-state index in [1.54, 1.807) is 0 Å². The van der Waals surface area contributed by atoms with Gasteiger partial charge in [0.1, 0.15) is 0 Å². The second kappa shape index (κ2) is 12.4. The van der Waals surface area contributed by atoms with Gasteiger partial charge in [0.05, 0.1) is 0 Å². The van der Waals surface area contributed by atoms with Crippen molar-refractivity contribution in [1.29, 1.82) is 0 Å². The first-order chi connectivity index (χ1) is 25.3. The summed E-state index contributed by atoms with van der Waals surface area (Å²) in [4.78, 5) is 2.46. The number of fused-ring (bicyclic) bond motifs is 6. The number of hydrogen-bond acceptors (Lipinski definition) is 1. The van der Waals surface area contributed by atoms with Gasteiger partial charge in [-0.25, -0.2) is 0 Å². The minimum Gasteiger partial charge on any atom is -0.310 e. The molecule has 0 saturated heterocycles. The van der Waals surface area contributed by atoms with Gasteiger partial charge in [-0.1, -0.05) is 146 Å². The van der Waals surface area contributed by atoms with Crippen molar-refractivity contribution in [1.82, 2.24) is 0 Å². The van der Waals surface area contributed by atoms with Crippen LogP contribution in [0.15, 0.2) is 175 Å². The van der Waals surface area contributed by atoms with Crippen molar-refractivity contribution in [2.24, 2.45) is 5.92 Å². The van der Waals surface area contributed by atoms with Gasteiger partial charge < -0.3 is 4.90 Å². The van der Waals surface area contributed by atoms with Gasteiger partial charge in [0.15, 0.2) is 0 Å². The molecule has 2 atom stereocenters. The Morgan fingerprint density at radius 1 is 0.510 bits per heavy atom. The molecule has 6 aromatic carbocycles. The maximum Gasteiger partial charge on any atom is 0.0500 e. The highest BCUT2D eigenvalue weighted by Crippen LogP contribution is 2.48. The van der Waals surface area contributed by atoms with Crippen LogP contribution in [0.4, 0.5) is 17.1 Å². The molecule has 1 heterocycles. The van der Waals surface area contributed by atoms with Crippen LogP contribution >= 0.6 is 0 Å². The molecule has 1 aliphatic heterocycles. The lowest BCUT2D eigenvalue weighted by Gasteiger charge is -2.33. The first-order valence-corrected chi connectivity index (χ1v) is 18.4. The average molecular weight is 654 g/mol. The van der Waals surface area contributed by atoms with Gasteiger partial charge in [0.25, 0.3) is 0 Å². The van der Waals surface area contributed by atoms with Crippen molar-refractivity contribution < 1.29 is 0 Å². The van der Waals surface area contributed by atoms with Crippen LogP contribution in [-0.4, -0.2) is 0 Å². The van der Waals surface area contributed by atoms with Gasteiger partial charge in [-0.15, -0.1) is 0 Å². The van der Waals surface area contributed by atoms with Crippen molar-refractivity contribution >= 4 is 34.8 Å². The van der Waals surface area contributed by atoms with Crippen LogP contribution in [0.3, 0.4) is 0 Å². The number of anilines is 3. The van der Waals surface area contributed by atoms with Crippen LogP contribution < -0.4 is 4.90 Å². The third-order valence-electron chi connectivity index (χ3n) is 11.5. The Labute approximate surface area is 301 Å². The molecule has 51 heavy (non-hydrogen) atoms. The van der Waals surface area contributed by atoms with Crippen LogP contribution in [0.1, 0.15) is 51.3 Å². The van der Waals surface area contributed by atoms with Crippen molar-refractivity contribution in [3.63, 3.8) is 0 Å². The second-order valence-corrected chi connectivity index (χ2v) is 14.4. The van der Waals surface area contributed by atoms with Crippen LogP contribution in [-0.2, 0) is 19.3 Å². The third kappa shape index (κ3) is 5.32. The summed E-state index contributed by atoms with van der Waals surface area (Å²) in [5, 5.41) is 0. The molecule has 0 fully saturated rings. The number of hydrogen-bond donors (Lipinski definition) is 0. The minimum atomic E-state index is 0.372. The quantitative estimate of drug-likeness (QED) is 0.183. The molecule has 0 radical (unpaired) electrons. The maximum absolute atomic E-state index is 2.46. The van der Waals surface area contributed by atoms with Gasteiger partial charge >= 0.3 is 0 Å². The molecule has 244 valence electrons. The van der Waals surface area contributed by atoms with E-state index >= 15 is 0 Å². The fourth-order valence-corrected chi connectivity index (χ4v) is 8.88. The largest absolute Gasteiger partial charge is 0.310 e. The number of para-hydroxylation sites is 2. The van der Waals surface area contributed by atoms with Crippen LogP contribution in [0.5, 0.6) is 0 Å². The molecule has 0 bridgehead atoms. The van der Waals surface area contributed by atoms with Crippen LogP contribution in [0.25, 0.3) is 28.9 Å². The SMILES string of the molecule is C1=CC2CC(C3=Cc4ccccc4CC3c3ccccc3)=CC=C2c2ccc(-c3ccc4c(c3)N(c3ccccc3)c3ccccc3CC4)cc21. The Kier molecular flexibility index (Phi) is 7.31. The van der Waals surface area contributed by atoms with E-state index in [2.05, 4.69) is 181 Å². The molecule has 4 aliphatic rings. The first-order valence-electron chi connectivity index (χ1n) is 18.4. The summed E-state index contributed by atoms with van der Waals surface area (Å²) in [6.45, 7) is 0.